The van der Waals surface area contributed by atoms with Crippen LogP contribution < -0.4 is 0 Å². The van der Waals surface area contributed by atoms with Crippen molar-refractivity contribution in [1.29, 1.82) is 0 Å². The molecule has 0 spiro atoms. The zero-order valence-corrected chi connectivity index (χ0v) is 8.03. The molecule has 0 heterocycles. The summed E-state index contributed by atoms with van der Waals surface area (Å²) in [4.78, 5) is 0. The SMILES string of the molecule is Oc1cc(F)c(F)cc1C#CCBr. The Balaban J connectivity index is 3.16. The van der Waals surface area contributed by atoms with Crippen LogP contribution in [0.5, 0.6) is 5.75 Å². The molecule has 0 amide bonds. The van der Waals surface area contributed by atoms with Gasteiger partial charge in [-0.1, -0.05) is 27.8 Å². The summed E-state index contributed by atoms with van der Waals surface area (Å²) < 4.78 is 25.1. The Morgan fingerprint density at radius 2 is 1.92 bits per heavy atom. The van der Waals surface area contributed by atoms with Gasteiger partial charge in [0.2, 0.25) is 0 Å². The Hall–Kier alpha value is -1.08. The van der Waals surface area contributed by atoms with Crippen molar-refractivity contribution in [1.82, 2.24) is 0 Å². The standard InChI is InChI=1S/C9H5BrF2O/c10-3-1-2-6-4-7(11)8(12)5-9(6)13/h4-5,13H,3H2. The van der Waals surface area contributed by atoms with E-state index in [4.69, 9.17) is 5.11 Å². The van der Waals surface area contributed by atoms with Crippen LogP contribution in [-0.2, 0) is 0 Å². The third-order valence-corrected chi connectivity index (χ3v) is 1.61. The fourth-order valence-corrected chi connectivity index (χ4v) is 0.905. The smallest absolute Gasteiger partial charge is 0.162 e. The number of hydrogen-bond donors (Lipinski definition) is 1. The second-order valence-electron chi connectivity index (χ2n) is 2.22. The number of halogens is 3. The van der Waals surface area contributed by atoms with Crippen LogP contribution in [0.3, 0.4) is 0 Å². The zero-order chi connectivity index (χ0) is 9.84. The van der Waals surface area contributed by atoms with Crippen molar-refractivity contribution in [3.05, 3.63) is 29.3 Å². The molecule has 0 bridgehead atoms. The molecule has 4 heteroatoms. The van der Waals surface area contributed by atoms with Gasteiger partial charge < -0.3 is 5.11 Å². The number of hydrogen-bond acceptors (Lipinski definition) is 1. The fraction of sp³-hybridized carbons (Fsp3) is 0.111. The molecule has 0 saturated heterocycles. The molecule has 0 aliphatic rings. The highest BCUT2D eigenvalue weighted by Gasteiger charge is 2.06. The zero-order valence-electron chi connectivity index (χ0n) is 6.44. The number of aromatic hydroxyl groups is 1. The third-order valence-electron chi connectivity index (χ3n) is 1.33. The predicted molar refractivity (Wildman–Crippen MR) is 48.7 cm³/mol. The normalized spacial score (nSPS) is 9.15. The molecule has 0 radical (unpaired) electrons. The molecule has 0 atom stereocenters. The van der Waals surface area contributed by atoms with Crippen molar-refractivity contribution in [2.45, 2.75) is 0 Å². The van der Waals surface area contributed by atoms with Gasteiger partial charge in [-0.05, 0) is 6.07 Å². The van der Waals surface area contributed by atoms with E-state index in [1.54, 1.807) is 0 Å². The minimum absolute atomic E-state index is 0.0818. The number of alkyl halides is 1. The topological polar surface area (TPSA) is 20.2 Å². The van der Waals surface area contributed by atoms with Crippen LogP contribution in [-0.4, -0.2) is 10.4 Å². The van der Waals surface area contributed by atoms with Crippen molar-refractivity contribution in [3.63, 3.8) is 0 Å². The molecule has 0 aliphatic heterocycles. The summed E-state index contributed by atoms with van der Waals surface area (Å²) in [7, 11) is 0. The van der Waals surface area contributed by atoms with E-state index in [1.165, 1.54) is 0 Å². The molecule has 0 aromatic heterocycles. The Morgan fingerprint density at radius 1 is 1.31 bits per heavy atom. The maximum Gasteiger partial charge on any atom is 0.162 e. The Bertz CT molecular complexity index is 379. The minimum Gasteiger partial charge on any atom is -0.507 e. The second kappa shape index (κ2) is 4.24. The van der Waals surface area contributed by atoms with Gasteiger partial charge in [-0.2, -0.15) is 0 Å². The lowest BCUT2D eigenvalue weighted by Crippen LogP contribution is -1.86. The minimum atomic E-state index is -1.08. The van der Waals surface area contributed by atoms with Crippen molar-refractivity contribution >= 4 is 15.9 Å². The average Bonchev–Trinajstić information content (AvgIpc) is 2.09. The van der Waals surface area contributed by atoms with Crippen LogP contribution in [0.15, 0.2) is 12.1 Å². The molecule has 0 saturated carbocycles. The lowest BCUT2D eigenvalue weighted by atomic mass is 10.2. The molecule has 1 N–H and O–H groups in total. The van der Waals surface area contributed by atoms with Gasteiger partial charge in [0.1, 0.15) is 5.75 Å². The molecule has 1 aromatic carbocycles. The van der Waals surface area contributed by atoms with Crippen LogP contribution in [0.2, 0.25) is 0 Å². The van der Waals surface area contributed by atoms with E-state index < -0.39 is 11.6 Å². The van der Waals surface area contributed by atoms with Gasteiger partial charge in [-0.15, -0.1) is 0 Å². The largest absolute Gasteiger partial charge is 0.507 e. The fourth-order valence-electron chi connectivity index (χ4n) is 0.765. The molecular weight excluding hydrogens is 242 g/mol. The monoisotopic (exact) mass is 246 g/mol. The van der Waals surface area contributed by atoms with E-state index in [9.17, 15) is 8.78 Å². The van der Waals surface area contributed by atoms with Crippen LogP contribution in [0.1, 0.15) is 5.56 Å². The molecule has 0 unspecified atom stereocenters. The summed E-state index contributed by atoms with van der Waals surface area (Å²) >= 11 is 3.04. The number of rotatable bonds is 0. The molecule has 0 aliphatic carbocycles. The lowest BCUT2D eigenvalue weighted by Gasteiger charge is -1.97. The number of phenolic OH excluding ortho intramolecular Hbond substituents is 1. The highest BCUT2D eigenvalue weighted by Crippen LogP contribution is 2.19. The number of benzene rings is 1. The van der Waals surface area contributed by atoms with Gasteiger partial charge in [0, 0.05) is 6.07 Å². The molecule has 0 fully saturated rings. The summed E-state index contributed by atoms with van der Waals surface area (Å²) in [6, 6.07) is 1.56. The molecule has 13 heavy (non-hydrogen) atoms. The maximum atomic E-state index is 12.6. The van der Waals surface area contributed by atoms with E-state index >= 15 is 0 Å². The average molecular weight is 247 g/mol. The van der Waals surface area contributed by atoms with E-state index in [2.05, 4.69) is 27.8 Å². The summed E-state index contributed by atoms with van der Waals surface area (Å²) in [5, 5.41) is 9.53. The summed E-state index contributed by atoms with van der Waals surface area (Å²) in [6.07, 6.45) is 0. The van der Waals surface area contributed by atoms with Crippen LogP contribution in [0.25, 0.3) is 0 Å². The van der Waals surface area contributed by atoms with Crippen molar-refractivity contribution in [2.24, 2.45) is 0 Å². The van der Waals surface area contributed by atoms with Crippen LogP contribution in [0, 0.1) is 23.5 Å². The Kier molecular flexibility index (Phi) is 3.26. The van der Waals surface area contributed by atoms with E-state index in [1.807, 2.05) is 0 Å². The first-order chi connectivity index (χ1) is 6.15. The summed E-state index contributed by atoms with van der Waals surface area (Å²) in [5.41, 5.74) is 0.0818. The number of phenols is 1. The van der Waals surface area contributed by atoms with E-state index in [0.29, 0.717) is 11.4 Å². The lowest BCUT2D eigenvalue weighted by molar-refractivity contribution is 0.453. The Labute approximate surface area is 82.5 Å². The molecular formula is C9H5BrF2O. The predicted octanol–water partition coefficient (Wildman–Crippen LogP) is 2.42. The van der Waals surface area contributed by atoms with Crippen molar-refractivity contribution < 1.29 is 13.9 Å². The molecule has 1 aromatic rings. The van der Waals surface area contributed by atoms with Gasteiger partial charge in [0.25, 0.3) is 0 Å². The maximum absolute atomic E-state index is 12.6. The molecule has 1 rings (SSSR count). The molecule has 1 nitrogen and oxygen atoms in total. The first-order valence-corrected chi connectivity index (χ1v) is 4.50. The van der Waals surface area contributed by atoms with Crippen LogP contribution >= 0.6 is 15.9 Å². The third kappa shape index (κ3) is 2.43. The van der Waals surface area contributed by atoms with Crippen molar-refractivity contribution in [2.75, 3.05) is 5.33 Å². The summed E-state index contributed by atoms with van der Waals surface area (Å²) in [6.45, 7) is 0. The van der Waals surface area contributed by atoms with E-state index in [-0.39, 0.29) is 11.3 Å². The quantitative estimate of drug-likeness (QED) is 0.551. The van der Waals surface area contributed by atoms with Crippen molar-refractivity contribution in [3.8, 4) is 17.6 Å². The first-order valence-electron chi connectivity index (χ1n) is 3.38. The second-order valence-corrected chi connectivity index (χ2v) is 2.78. The van der Waals surface area contributed by atoms with Gasteiger partial charge >= 0.3 is 0 Å². The van der Waals surface area contributed by atoms with Crippen LogP contribution in [0.4, 0.5) is 8.78 Å². The van der Waals surface area contributed by atoms with Gasteiger partial charge in [-0.25, -0.2) is 8.78 Å². The highest BCUT2D eigenvalue weighted by molar-refractivity contribution is 9.09. The van der Waals surface area contributed by atoms with Gasteiger partial charge in [0.05, 0.1) is 10.9 Å². The van der Waals surface area contributed by atoms with E-state index in [0.717, 1.165) is 6.07 Å². The Morgan fingerprint density at radius 3 is 2.54 bits per heavy atom. The molecule has 68 valence electrons. The highest BCUT2D eigenvalue weighted by atomic mass is 79.9. The summed E-state index contributed by atoms with van der Waals surface area (Å²) in [5.74, 6) is 2.59. The van der Waals surface area contributed by atoms with Gasteiger partial charge in [0.15, 0.2) is 11.6 Å². The first kappa shape index (κ1) is 10.0. The van der Waals surface area contributed by atoms with Gasteiger partial charge in [-0.3, -0.25) is 0 Å².